The molecule has 1 N–H and O–H groups in total. The topological polar surface area (TPSA) is 82.5 Å². The van der Waals surface area contributed by atoms with Crippen LogP contribution in [0.15, 0.2) is 54.7 Å². The van der Waals surface area contributed by atoms with Crippen LogP contribution in [0, 0.1) is 16.0 Å². The Balaban J connectivity index is 1.18. The Labute approximate surface area is 187 Å². The van der Waals surface area contributed by atoms with Crippen LogP contribution in [0.4, 0.5) is 11.4 Å². The van der Waals surface area contributed by atoms with E-state index < -0.39 is 0 Å². The fourth-order valence-electron chi connectivity index (χ4n) is 5.35. The second kappa shape index (κ2) is 8.65. The number of nitro benzene ring substituents is 1. The second-order valence-corrected chi connectivity index (χ2v) is 8.90. The van der Waals surface area contributed by atoms with E-state index >= 15 is 0 Å². The van der Waals surface area contributed by atoms with Crippen LogP contribution in [0.3, 0.4) is 0 Å². The minimum absolute atomic E-state index is 0.0126. The zero-order chi connectivity index (χ0) is 22.1. The maximum atomic E-state index is 13.2. The molecule has 0 unspecified atom stereocenters. The number of aromatic nitrogens is 1. The van der Waals surface area contributed by atoms with Gasteiger partial charge in [-0.2, -0.15) is 0 Å². The summed E-state index contributed by atoms with van der Waals surface area (Å²) in [7, 11) is 0. The van der Waals surface area contributed by atoms with Gasteiger partial charge in [-0.15, -0.1) is 0 Å². The molecule has 2 aliphatic heterocycles. The molecule has 5 rings (SSSR count). The summed E-state index contributed by atoms with van der Waals surface area (Å²) >= 11 is 0. The molecule has 32 heavy (non-hydrogen) atoms. The molecule has 0 spiro atoms. The smallest absolute Gasteiger partial charge is 0.292 e. The molecule has 3 aromatic rings. The molecule has 166 valence electrons. The lowest BCUT2D eigenvalue weighted by molar-refractivity contribution is -0.384. The highest BCUT2D eigenvalue weighted by Crippen LogP contribution is 2.35. The predicted octanol–water partition coefficient (Wildman–Crippen LogP) is 4.70. The van der Waals surface area contributed by atoms with Crippen LogP contribution < -0.4 is 4.90 Å². The summed E-state index contributed by atoms with van der Waals surface area (Å²) in [6.07, 6.45) is 5.59. The van der Waals surface area contributed by atoms with Crippen LogP contribution in [0.2, 0.25) is 0 Å². The maximum Gasteiger partial charge on any atom is 0.292 e. The van der Waals surface area contributed by atoms with Crippen molar-refractivity contribution in [3.63, 3.8) is 0 Å². The van der Waals surface area contributed by atoms with Gasteiger partial charge < -0.3 is 14.8 Å². The van der Waals surface area contributed by atoms with Gasteiger partial charge in [-0.1, -0.05) is 30.3 Å². The van der Waals surface area contributed by atoms with Crippen molar-refractivity contribution in [3.05, 3.63) is 70.4 Å². The summed E-state index contributed by atoms with van der Waals surface area (Å²) in [5.74, 6) is 0.749. The van der Waals surface area contributed by atoms with E-state index in [2.05, 4.69) is 29.4 Å². The van der Waals surface area contributed by atoms with Crippen molar-refractivity contribution in [1.29, 1.82) is 0 Å². The highest BCUT2D eigenvalue weighted by Gasteiger charge is 2.33. The van der Waals surface area contributed by atoms with E-state index in [1.165, 1.54) is 16.5 Å². The van der Waals surface area contributed by atoms with E-state index in [9.17, 15) is 14.9 Å². The summed E-state index contributed by atoms with van der Waals surface area (Å²) in [6.45, 7) is 2.95. The third kappa shape index (κ3) is 3.83. The minimum atomic E-state index is -0.329. The Morgan fingerprint density at radius 1 is 0.938 bits per heavy atom. The van der Waals surface area contributed by atoms with Gasteiger partial charge in [0, 0.05) is 55.3 Å². The van der Waals surface area contributed by atoms with Gasteiger partial charge in [0.15, 0.2) is 0 Å². The number of carbonyl (C=O) groups is 1. The Hall–Kier alpha value is -3.35. The number of fused-ring (bicyclic) bond motifs is 1. The number of hydrogen-bond donors (Lipinski definition) is 1. The SMILES string of the molecule is O=C(C1CCN(c2ccccc2[N+](=O)[O-])CC1)N1CCC(c2c[nH]c3ccccc23)CC1. The summed E-state index contributed by atoms with van der Waals surface area (Å²) in [6, 6.07) is 15.3. The summed E-state index contributed by atoms with van der Waals surface area (Å²) < 4.78 is 0. The summed E-state index contributed by atoms with van der Waals surface area (Å²) in [4.78, 5) is 31.6. The lowest BCUT2D eigenvalue weighted by atomic mass is 9.88. The van der Waals surface area contributed by atoms with Crippen LogP contribution >= 0.6 is 0 Å². The molecule has 1 aromatic heterocycles. The number of para-hydroxylation sites is 3. The number of rotatable bonds is 4. The summed E-state index contributed by atoms with van der Waals surface area (Å²) in [5.41, 5.74) is 3.33. The first-order valence-corrected chi connectivity index (χ1v) is 11.4. The molecule has 2 aromatic carbocycles. The molecule has 0 atom stereocenters. The number of piperidine rings is 2. The number of nitrogens with one attached hydrogen (secondary N) is 1. The average Bonchev–Trinajstić information content (AvgIpc) is 3.28. The lowest BCUT2D eigenvalue weighted by Gasteiger charge is -2.37. The first kappa shape index (κ1) is 20.5. The molecule has 3 heterocycles. The molecule has 0 bridgehead atoms. The van der Waals surface area contributed by atoms with Gasteiger partial charge >= 0.3 is 0 Å². The molecule has 2 saturated heterocycles. The number of anilines is 1. The van der Waals surface area contributed by atoms with Gasteiger partial charge in [0.1, 0.15) is 5.69 Å². The molecule has 7 nitrogen and oxygen atoms in total. The molecule has 0 saturated carbocycles. The Kier molecular flexibility index (Phi) is 5.55. The number of likely N-dealkylation sites (tertiary alicyclic amines) is 1. The van der Waals surface area contributed by atoms with Crippen molar-refractivity contribution in [1.82, 2.24) is 9.88 Å². The van der Waals surface area contributed by atoms with Gasteiger partial charge in [-0.05, 0) is 49.3 Å². The standard InChI is InChI=1S/C25H28N4O3/c30-25(19-11-13-27(14-12-19)23-7-3-4-8-24(23)29(31)32)28-15-9-18(10-16-28)21-17-26-22-6-2-1-5-20(21)22/h1-8,17-19,26H,9-16H2. The van der Waals surface area contributed by atoms with Crippen molar-refractivity contribution in [3.8, 4) is 0 Å². The maximum absolute atomic E-state index is 13.2. The third-order valence-electron chi connectivity index (χ3n) is 7.13. The van der Waals surface area contributed by atoms with Crippen LogP contribution in [-0.2, 0) is 4.79 Å². The molecule has 0 radical (unpaired) electrons. The monoisotopic (exact) mass is 432 g/mol. The average molecular weight is 433 g/mol. The van der Waals surface area contributed by atoms with E-state index in [4.69, 9.17) is 0 Å². The van der Waals surface area contributed by atoms with Gasteiger partial charge in [0.05, 0.1) is 4.92 Å². The minimum Gasteiger partial charge on any atom is -0.366 e. The fourth-order valence-corrected chi connectivity index (χ4v) is 5.35. The first-order valence-electron chi connectivity index (χ1n) is 11.4. The predicted molar refractivity (Wildman–Crippen MR) is 125 cm³/mol. The highest BCUT2D eigenvalue weighted by atomic mass is 16.6. The van der Waals surface area contributed by atoms with Gasteiger partial charge in [0.2, 0.25) is 5.91 Å². The Morgan fingerprint density at radius 3 is 2.38 bits per heavy atom. The number of hydrogen-bond acceptors (Lipinski definition) is 4. The van der Waals surface area contributed by atoms with E-state index in [0.717, 1.165) is 38.8 Å². The molecule has 1 amide bonds. The lowest BCUT2D eigenvalue weighted by Crippen LogP contribution is -2.45. The molecular formula is C25H28N4O3. The van der Waals surface area contributed by atoms with Gasteiger partial charge in [0.25, 0.3) is 5.69 Å². The molecule has 7 heteroatoms. The number of carbonyl (C=O) groups excluding carboxylic acids is 1. The number of nitro groups is 1. The van der Waals surface area contributed by atoms with Crippen molar-refractivity contribution >= 4 is 28.2 Å². The first-order chi connectivity index (χ1) is 15.6. The van der Waals surface area contributed by atoms with Crippen LogP contribution in [0.25, 0.3) is 10.9 Å². The largest absolute Gasteiger partial charge is 0.366 e. The number of amides is 1. The highest BCUT2D eigenvalue weighted by molar-refractivity contribution is 5.84. The van der Waals surface area contributed by atoms with Crippen LogP contribution in [0.1, 0.15) is 37.2 Å². The number of H-pyrrole nitrogens is 1. The Bertz CT molecular complexity index is 1120. The number of nitrogens with zero attached hydrogens (tertiary/aromatic N) is 3. The van der Waals surface area contributed by atoms with Crippen molar-refractivity contribution in [2.24, 2.45) is 5.92 Å². The van der Waals surface area contributed by atoms with Gasteiger partial charge in [-0.25, -0.2) is 0 Å². The molecule has 2 fully saturated rings. The number of aromatic amines is 1. The quantitative estimate of drug-likeness (QED) is 0.479. The van der Waals surface area contributed by atoms with Crippen LogP contribution in [-0.4, -0.2) is 46.9 Å². The fraction of sp³-hybridized carbons (Fsp3) is 0.400. The molecule has 0 aliphatic carbocycles. The van der Waals surface area contributed by atoms with Crippen molar-refractivity contribution in [2.75, 3.05) is 31.1 Å². The van der Waals surface area contributed by atoms with Gasteiger partial charge in [-0.3, -0.25) is 14.9 Å². The molecular weight excluding hydrogens is 404 g/mol. The van der Waals surface area contributed by atoms with Crippen LogP contribution in [0.5, 0.6) is 0 Å². The Morgan fingerprint density at radius 2 is 1.62 bits per heavy atom. The zero-order valence-corrected chi connectivity index (χ0v) is 18.1. The van der Waals surface area contributed by atoms with E-state index in [0.29, 0.717) is 24.7 Å². The normalized spacial score (nSPS) is 18.2. The number of benzene rings is 2. The van der Waals surface area contributed by atoms with E-state index in [-0.39, 0.29) is 22.4 Å². The second-order valence-electron chi connectivity index (χ2n) is 8.90. The third-order valence-corrected chi connectivity index (χ3v) is 7.13. The van der Waals surface area contributed by atoms with E-state index in [1.54, 1.807) is 18.2 Å². The summed E-state index contributed by atoms with van der Waals surface area (Å²) in [5, 5.41) is 12.6. The van der Waals surface area contributed by atoms with E-state index in [1.807, 2.05) is 21.9 Å². The van der Waals surface area contributed by atoms with Crippen molar-refractivity contribution < 1.29 is 9.72 Å². The zero-order valence-electron chi connectivity index (χ0n) is 18.1. The molecule has 2 aliphatic rings. The van der Waals surface area contributed by atoms with Crippen molar-refractivity contribution in [2.45, 2.75) is 31.6 Å².